The third-order valence-corrected chi connectivity index (χ3v) is 5.00. The van der Waals surface area contributed by atoms with Crippen LogP contribution in [0.4, 0.5) is 0 Å². The Labute approximate surface area is 116 Å². The van der Waals surface area contributed by atoms with Crippen molar-refractivity contribution < 1.29 is 9.90 Å². The third-order valence-electron chi connectivity index (χ3n) is 5.00. The molecule has 0 spiro atoms. The molecule has 0 aromatic rings. The van der Waals surface area contributed by atoms with E-state index in [1.54, 1.807) is 0 Å². The Morgan fingerprint density at radius 1 is 1.37 bits per heavy atom. The van der Waals surface area contributed by atoms with Gasteiger partial charge >= 0.3 is 5.97 Å². The van der Waals surface area contributed by atoms with Gasteiger partial charge in [0.05, 0.1) is 5.92 Å². The van der Waals surface area contributed by atoms with Crippen molar-refractivity contribution in [2.45, 2.75) is 38.6 Å². The standard InChI is InChI=1S/C15H28N2O2/c1-11-4-5-13(15(18)19)14(8-11)17(3)10-12-6-7-16(2)9-12/h11-14H,4-10H2,1-3H3,(H,18,19). The van der Waals surface area contributed by atoms with Crippen molar-refractivity contribution in [3.8, 4) is 0 Å². The number of hydrogen-bond acceptors (Lipinski definition) is 3. The minimum absolute atomic E-state index is 0.166. The maximum Gasteiger partial charge on any atom is 0.308 e. The molecular formula is C15H28N2O2. The zero-order valence-electron chi connectivity index (χ0n) is 12.5. The average Bonchev–Trinajstić information content (AvgIpc) is 2.74. The lowest BCUT2D eigenvalue weighted by atomic mass is 9.78. The highest BCUT2D eigenvalue weighted by atomic mass is 16.4. The zero-order chi connectivity index (χ0) is 14.0. The van der Waals surface area contributed by atoms with Crippen LogP contribution in [0.3, 0.4) is 0 Å². The van der Waals surface area contributed by atoms with Crippen LogP contribution in [-0.2, 0) is 4.79 Å². The molecule has 4 nitrogen and oxygen atoms in total. The van der Waals surface area contributed by atoms with Crippen molar-refractivity contribution in [3.63, 3.8) is 0 Å². The molecule has 1 saturated carbocycles. The average molecular weight is 268 g/mol. The van der Waals surface area contributed by atoms with Crippen LogP contribution in [0.2, 0.25) is 0 Å². The number of carboxylic acid groups (broad SMARTS) is 1. The molecule has 4 heteroatoms. The second-order valence-electron chi connectivity index (χ2n) is 6.79. The Morgan fingerprint density at radius 2 is 2.11 bits per heavy atom. The number of nitrogens with zero attached hydrogens (tertiary/aromatic N) is 2. The van der Waals surface area contributed by atoms with Crippen molar-refractivity contribution in [3.05, 3.63) is 0 Å². The molecule has 110 valence electrons. The monoisotopic (exact) mass is 268 g/mol. The molecule has 1 aliphatic carbocycles. The first-order valence-corrected chi connectivity index (χ1v) is 7.59. The second-order valence-corrected chi connectivity index (χ2v) is 6.79. The highest BCUT2D eigenvalue weighted by Crippen LogP contribution is 2.32. The summed E-state index contributed by atoms with van der Waals surface area (Å²) in [5.74, 6) is 0.601. The summed E-state index contributed by atoms with van der Waals surface area (Å²) in [6.45, 7) is 5.64. The van der Waals surface area contributed by atoms with Gasteiger partial charge < -0.3 is 14.9 Å². The summed E-state index contributed by atoms with van der Waals surface area (Å²) in [6, 6.07) is 0.229. The summed E-state index contributed by atoms with van der Waals surface area (Å²) < 4.78 is 0. The van der Waals surface area contributed by atoms with Gasteiger partial charge in [0.1, 0.15) is 0 Å². The Balaban J connectivity index is 1.94. The fourth-order valence-corrected chi connectivity index (χ4v) is 3.84. The molecule has 2 aliphatic rings. The molecule has 0 amide bonds. The van der Waals surface area contributed by atoms with E-state index in [0.29, 0.717) is 11.8 Å². The summed E-state index contributed by atoms with van der Waals surface area (Å²) in [7, 11) is 4.29. The normalized spacial score (nSPS) is 36.8. The fraction of sp³-hybridized carbons (Fsp3) is 0.933. The molecule has 2 rings (SSSR count). The fourth-order valence-electron chi connectivity index (χ4n) is 3.84. The van der Waals surface area contributed by atoms with Gasteiger partial charge in [-0.25, -0.2) is 0 Å². The summed E-state index contributed by atoms with van der Waals surface area (Å²) in [4.78, 5) is 16.1. The van der Waals surface area contributed by atoms with Crippen LogP contribution in [0.1, 0.15) is 32.6 Å². The maximum absolute atomic E-state index is 11.4. The van der Waals surface area contributed by atoms with E-state index in [4.69, 9.17) is 0 Å². The number of aliphatic carboxylic acids is 1. The predicted octanol–water partition coefficient (Wildman–Crippen LogP) is 1.76. The van der Waals surface area contributed by atoms with E-state index in [0.717, 1.165) is 32.4 Å². The van der Waals surface area contributed by atoms with Gasteiger partial charge in [0.25, 0.3) is 0 Å². The summed E-state index contributed by atoms with van der Waals surface area (Å²) in [6.07, 6.45) is 4.19. The van der Waals surface area contributed by atoms with Crippen molar-refractivity contribution >= 4 is 5.97 Å². The molecule has 0 bridgehead atoms. The highest BCUT2D eigenvalue weighted by Gasteiger charge is 2.36. The number of carbonyl (C=O) groups is 1. The minimum atomic E-state index is -0.604. The van der Waals surface area contributed by atoms with Gasteiger partial charge in [0, 0.05) is 19.1 Å². The first-order chi connectivity index (χ1) is 8.97. The molecule has 1 heterocycles. The Kier molecular flexibility index (Phi) is 4.85. The Hall–Kier alpha value is -0.610. The molecule has 4 unspecified atom stereocenters. The molecule has 0 aromatic carbocycles. The van der Waals surface area contributed by atoms with E-state index in [2.05, 4.69) is 30.8 Å². The van der Waals surface area contributed by atoms with E-state index in [-0.39, 0.29) is 12.0 Å². The Bertz CT molecular complexity index is 321. The molecule has 0 radical (unpaired) electrons. The maximum atomic E-state index is 11.4. The van der Waals surface area contributed by atoms with Gasteiger partial charge in [-0.05, 0) is 58.2 Å². The van der Waals surface area contributed by atoms with E-state index >= 15 is 0 Å². The van der Waals surface area contributed by atoms with Gasteiger partial charge in [0.2, 0.25) is 0 Å². The molecule has 4 atom stereocenters. The largest absolute Gasteiger partial charge is 0.481 e. The lowest BCUT2D eigenvalue weighted by Crippen LogP contribution is -2.46. The highest BCUT2D eigenvalue weighted by molar-refractivity contribution is 5.71. The van der Waals surface area contributed by atoms with Crippen LogP contribution in [-0.4, -0.2) is 60.6 Å². The Morgan fingerprint density at radius 3 is 2.68 bits per heavy atom. The van der Waals surface area contributed by atoms with E-state index < -0.39 is 5.97 Å². The van der Waals surface area contributed by atoms with Gasteiger partial charge in [-0.3, -0.25) is 4.79 Å². The predicted molar refractivity (Wildman–Crippen MR) is 76.2 cm³/mol. The SMILES string of the molecule is CC1CCC(C(=O)O)C(N(C)CC2CCN(C)C2)C1. The number of carboxylic acids is 1. The van der Waals surface area contributed by atoms with Crippen LogP contribution >= 0.6 is 0 Å². The van der Waals surface area contributed by atoms with E-state index in [1.165, 1.54) is 13.0 Å². The zero-order valence-corrected chi connectivity index (χ0v) is 12.5. The summed E-state index contributed by atoms with van der Waals surface area (Å²) >= 11 is 0. The first kappa shape index (κ1) is 14.8. The molecule has 0 aromatic heterocycles. The van der Waals surface area contributed by atoms with Crippen molar-refractivity contribution in [2.75, 3.05) is 33.7 Å². The van der Waals surface area contributed by atoms with Crippen LogP contribution < -0.4 is 0 Å². The molecule has 19 heavy (non-hydrogen) atoms. The number of hydrogen-bond donors (Lipinski definition) is 1. The number of rotatable bonds is 4. The van der Waals surface area contributed by atoms with Crippen LogP contribution in [0.25, 0.3) is 0 Å². The van der Waals surface area contributed by atoms with Crippen LogP contribution in [0, 0.1) is 17.8 Å². The first-order valence-electron chi connectivity index (χ1n) is 7.59. The second kappa shape index (κ2) is 6.23. The minimum Gasteiger partial charge on any atom is -0.481 e. The summed E-state index contributed by atoms with van der Waals surface area (Å²) in [5.41, 5.74) is 0. The number of likely N-dealkylation sites (tertiary alicyclic amines) is 1. The lowest BCUT2D eigenvalue weighted by Gasteiger charge is -2.39. The molecule has 1 saturated heterocycles. The van der Waals surface area contributed by atoms with Crippen molar-refractivity contribution in [2.24, 2.45) is 17.8 Å². The van der Waals surface area contributed by atoms with Gasteiger partial charge in [-0.1, -0.05) is 6.92 Å². The molecular weight excluding hydrogens is 240 g/mol. The van der Waals surface area contributed by atoms with Crippen molar-refractivity contribution in [1.82, 2.24) is 9.80 Å². The topological polar surface area (TPSA) is 43.8 Å². The van der Waals surface area contributed by atoms with Crippen LogP contribution in [0.15, 0.2) is 0 Å². The van der Waals surface area contributed by atoms with E-state index in [9.17, 15) is 9.90 Å². The quantitative estimate of drug-likeness (QED) is 0.844. The van der Waals surface area contributed by atoms with Gasteiger partial charge in [0.15, 0.2) is 0 Å². The van der Waals surface area contributed by atoms with E-state index in [1.807, 2.05) is 0 Å². The van der Waals surface area contributed by atoms with Gasteiger partial charge in [-0.15, -0.1) is 0 Å². The smallest absolute Gasteiger partial charge is 0.308 e. The van der Waals surface area contributed by atoms with Crippen molar-refractivity contribution in [1.29, 1.82) is 0 Å². The van der Waals surface area contributed by atoms with Crippen LogP contribution in [0.5, 0.6) is 0 Å². The molecule has 2 fully saturated rings. The lowest BCUT2D eigenvalue weighted by molar-refractivity contribution is -0.146. The van der Waals surface area contributed by atoms with Gasteiger partial charge in [-0.2, -0.15) is 0 Å². The third kappa shape index (κ3) is 3.69. The summed E-state index contributed by atoms with van der Waals surface area (Å²) in [5, 5.41) is 9.41. The molecule has 1 aliphatic heterocycles. The molecule has 1 N–H and O–H groups in total.